The number of nitrogens with zero attached hydrogens (tertiary/aromatic N) is 1. The quantitative estimate of drug-likeness (QED) is 0.790. The molecule has 0 bridgehead atoms. The Hall–Kier alpha value is -1.32. The smallest absolute Gasteiger partial charge is 0.246 e. The molecule has 0 aromatic rings. The highest BCUT2D eigenvalue weighted by molar-refractivity contribution is 5.97. The highest BCUT2D eigenvalue weighted by Gasteiger charge is 2.42. The Morgan fingerprint density at radius 2 is 2.11 bits per heavy atom. The van der Waals surface area contributed by atoms with Crippen LogP contribution in [0.25, 0.3) is 0 Å². The SMILES string of the molecule is CCCC1NC(=O)C(CC)N(C2CC=CCC2)C1=O. The van der Waals surface area contributed by atoms with Crippen LogP contribution in [0.3, 0.4) is 0 Å². The molecule has 106 valence electrons. The molecule has 0 aromatic heterocycles. The Morgan fingerprint density at radius 1 is 1.32 bits per heavy atom. The van der Waals surface area contributed by atoms with Gasteiger partial charge in [0.05, 0.1) is 0 Å². The maximum absolute atomic E-state index is 12.6. The molecule has 1 N–H and O–H groups in total. The lowest BCUT2D eigenvalue weighted by Gasteiger charge is -2.43. The zero-order valence-corrected chi connectivity index (χ0v) is 11.9. The molecule has 0 aromatic carbocycles. The van der Waals surface area contributed by atoms with Crippen LogP contribution in [0.4, 0.5) is 0 Å². The lowest BCUT2D eigenvalue weighted by atomic mass is 9.93. The van der Waals surface area contributed by atoms with Gasteiger partial charge in [-0.15, -0.1) is 0 Å². The van der Waals surface area contributed by atoms with Crippen molar-refractivity contribution in [1.29, 1.82) is 0 Å². The van der Waals surface area contributed by atoms with E-state index in [-0.39, 0.29) is 29.9 Å². The Labute approximate surface area is 115 Å². The molecular weight excluding hydrogens is 240 g/mol. The molecule has 3 atom stereocenters. The monoisotopic (exact) mass is 264 g/mol. The van der Waals surface area contributed by atoms with Crippen molar-refractivity contribution >= 4 is 11.8 Å². The minimum atomic E-state index is -0.314. The number of hydrogen-bond acceptors (Lipinski definition) is 2. The van der Waals surface area contributed by atoms with E-state index in [2.05, 4.69) is 17.5 Å². The Morgan fingerprint density at radius 3 is 2.68 bits per heavy atom. The molecule has 4 nitrogen and oxygen atoms in total. The van der Waals surface area contributed by atoms with Crippen molar-refractivity contribution in [3.63, 3.8) is 0 Å². The highest BCUT2D eigenvalue weighted by Crippen LogP contribution is 2.25. The number of allylic oxidation sites excluding steroid dienone is 1. The first-order chi connectivity index (χ1) is 9.19. The molecule has 0 radical (unpaired) electrons. The molecule has 1 aliphatic carbocycles. The number of piperazine rings is 1. The average molecular weight is 264 g/mol. The summed E-state index contributed by atoms with van der Waals surface area (Å²) in [5.74, 6) is 0.142. The number of nitrogens with one attached hydrogen (secondary N) is 1. The Bertz CT molecular complexity index is 378. The van der Waals surface area contributed by atoms with E-state index in [0.29, 0.717) is 6.42 Å². The van der Waals surface area contributed by atoms with Gasteiger partial charge in [-0.3, -0.25) is 9.59 Å². The molecule has 2 aliphatic rings. The van der Waals surface area contributed by atoms with E-state index >= 15 is 0 Å². The largest absolute Gasteiger partial charge is 0.343 e. The normalized spacial score (nSPS) is 31.5. The molecule has 3 unspecified atom stereocenters. The van der Waals surface area contributed by atoms with Crippen LogP contribution in [0.2, 0.25) is 0 Å². The van der Waals surface area contributed by atoms with Crippen LogP contribution in [0.5, 0.6) is 0 Å². The number of carbonyl (C=O) groups is 2. The maximum Gasteiger partial charge on any atom is 0.246 e. The number of hydrogen-bond donors (Lipinski definition) is 1. The fourth-order valence-corrected chi connectivity index (χ4v) is 3.12. The molecular formula is C15H24N2O2. The molecule has 2 rings (SSSR count). The van der Waals surface area contributed by atoms with Crippen molar-refractivity contribution in [1.82, 2.24) is 10.2 Å². The minimum absolute atomic E-state index is 0.0232. The van der Waals surface area contributed by atoms with E-state index in [1.54, 1.807) is 0 Å². The Balaban J connectivity index is 2.20. The van der Waals surface area contributed by atoms with Gasteiger partial charge in [0.2, 0.25) is 11.8 Å². The van der Waals surface area contributed by atoms with Gasteiger partial charge in [-0.25, -0.2) is 0 Å². The third-order valence-electron chi connectivity index (χ3n) is 4.11. The van der Waals surface area contributed by atoms with Gasteiger partial charge in [0, 0.05) is 6.04 Å². The maximum atomic E-state index is 12.6. The van der Waals surface area contributed by atoms with Gasteiger partial charge in [0.15, 0.2) is 0 Å². The van der Waals surface area contributed by atoms with Crippen molar-refractivity contribution in [2.24, 2.45) is 0 Å². The van der Waals surface area contributed by atoms with Crippen LogP contribution in [-0.4, -0.2) is 34.8 Å². The van der Waals surface area contributed by atoms with Crippen molar-refractivity contribution in [3.05, 3.63) is 12.2 Å². The molecule has 0 spiro atoms. The van der Waals surface area contributed by atoms with Crippen LogP contribution in [0.15, 0.2) is 12.2 Å². The average Bonchev–Trinajstić information content (AvgIpc) is 2.43. The predicted molar refractivity (Wildman–Crippen MR) is 74.5 cm³/mol. The first-order valence-electron chi connectivity index (χ1n) is 7.46. The first-order valence-corrected chi connectivity index (χ1v) is 7.46. The predicted octanol–water partition coefficient (Wildman–Crippen LogP) is 2.00. The summed E-state index contributed by atoms with van der Waals surface area (Å²) in [4.78, 5) is 26.7. The first kappa shape index (κ1) is 14.1. The summed E-state index contributed by atoms with van der Waals surface area (Å²) >= 11 is 0. The lowest BCUT2D eigenvalue weighted by Crippen LogP contribution is -2.65. The number of carbonyl (C=O) groups excluding carboxylic acids is 2. The van der Waals surface area contributed by atoms with Crippen LogP contribution < -0.4 is 5.32 Å². The molecule has 1 saturated heterocycles. The molecule has 1 fully saturated rings. The molecule has 19 heavy (non-hydrogen) atoms. The Kier molecular flexibility index (Phi) is 4.61. The van der Waals surface area contributed by atoms with E-state index in [0.717, 1.165) is 32.1 Å². The van der Waals surface area contributed by atoms with Crippen LogP contribution in [-0.2, 0) is 9.59 Å². The molecule has 1 aliphatic heterocycles. The topological polar surface area (TPSA) is 49.4 Å². The van der Waals surface area contributed by atoms with Crippen molar-refractivity contribution < 1.29 is 9.59 Å². The molecule has 2 amide bonds. The molecule has 1 heterocycles. The summed E-state index contributed by atoms with van der Waals surface area (Å²) in [5, 5.41) is 2.89. The fraction of sp³-hybridized carbons (Fsp3) is 0.733. The number of rotatable bonds is 4. The molecule has 0 saturated carbocycles. The van der Waals surface area contributed by atoms with Gasteiger partial charge < -0.3 is 10.2 Å². The summed E-state index contributed by atoms with van der Waals surface area (Å²) in [6, 6.07) is -0.392. The fourth-order valence-electron chi connectivity index (χ4n) is 3.12. The van der Waals surface area contributed by atoms with Gasteiger partial charge in [-0.2, -0.15) is 0 Å². The second kappa shape index (κ2) is 6.22. The standard InChI is InChI=1S/C15H24N2O2/c1-3-8-12-15(19)17(11-9-6-5-7-10-11)13(4-2)14(18)16-12/h5-6,11-13H,3-4,7-10H2,1-2H3,(H,16,18). The summed E-state index contributed by atoms with van der Waals surface area (Å²) in [5.41, 5.74) is 0. The summed E-state index contributed by atoms with van der Waals surface area (Å²) in [7, 11) is 0. The van der Waals surface area contributed by atoms with E-state index in [1.165, 1.54) is 0 Å². The van der Waals surface area contributed by atoms with Gasteiger partial charge in [-0.1, -0.05) is 32.4 Å². The van der Waals surface area contributed by atoms with Crippen molar-refractivity contribution in [2.45, 2.75) is 70.5 Å². The van der Waals surface area contributed by atoms with Gasteiger partial charge >= 0.3 is 0 Å². The lowest BCUT2D eigenvalue weighted by molar-refractivity contribution is -0.152. The van der Waals surface area contributed by atoms with Crippen molar-refractivity contribution in [3.8, 4) is 0 Å². The van der Waals surface area contributed by atoms with Gasteiger partial charge in [-0.05, 0) is 32.1 Å². The van der Waals surface area contributed by atoms with Crippen molar-refractivity contribution in [2.75, 3.05) is 0 Å². The third-order valence-corrected chi connectivity index (χ3v) is 4.11. The minimum Gasteiger partial charge on any atom is -0.343 e. The van der Waals surface area contributed by atoms with Gasteiger partial charge in [0.25, 0.3) is 0 Å². The summed E-state index contributed by atoms with van der Waals surface area (Å²) in [6.07, 6.45) is 9.50. The van der Waals surface area contributed by atoms with Gasteiger partial charge in [0.1, 0.15) is 12.1 Å². The molecule has 4 heteroatoms. The van der Waals surface area contributed by atoms with E-state index < -0.39 is 0 Å². The highest BCUT2D eigenvalue weighted by atomic mass is 16.2. The van der Waals surface area contributed by atoms with E-state index in [4.69, 9.17) is 0 Å². The third kappa shape index (κ3) is 2.82. The zero-order chi connectivity index (χ0) is 13.8. The van der Waals surface area contributed by atoms with E-state index in [1.807, 2.05) is 18.7 Å². The van der Waals surface area contributed by atoms with E-state index in [9.17, 15) is 9.59 Å². The number of amides is 2. The summed E-state index contributed by atoms with van der Waals surface area (Å²) in [6.45, 7) is 4.02. The second-order valence-corrected chi connectivity index (χ2v) is 5.46. The summed E-state index contributed by atoms with van der Waals surface area (Å²) < 4.78 is 0. The second-order valence-electron chi connectivity index (χ2n) is 5.46. The van der Waals surface area contributed by atoms with Crippen LogP contribution >= 0.6 is 0 Å². The van der Waals surface area contributed by atoms with Crippen LogP contribution in [0.1, 0.15) is 52.4 Å². The zero-order valence-electron chi connectivity index (χ0n) is 11.9. The van der Waals surface area contributed by atoms with Crippen LogP contribution in [0, 0.1) is 0 Å².